The van der Waals surface area contributed by atoms with Crippen LogP contribution >= 0.6 is 0 Å². The van der Waals surface area contributed by atoms with E-state index in [1.54, 1.807) is 0 Å². The molecule has 0 fully saturated rings. The van der Waals surface area contributed by atoms with Crippen LogP contribution in [0.1, 0.15) is 37.5 Å². The Hall–Kier alpha value is -6.22. The predicted octanol–water partition coefficient (Wildman–Crippen LogP) is 12.0. The van der Waals surface area contributed by atoms with E-state index in [1.807, 2.05) is 53.6 Å². The van der Waals surface area contributed by atoms with Crippen molar-refractivity contribution in [1.29, 1.82) is 0 Å². The van der Waals surface area contributed by atoms with Gasteiger partial charge in [0.2, 0.25) is 0 Å². The molecule has 4 nitrogen and oxygen atoms in total. The molecule has 9 aromatic rings. The zero-order valence-corrected chi connectivity index (χ0v) is 33.8. The molecule has 0 unspecified atom stereocenters. The number of benzene rings is 7. The molecule has 0 aliphatic carbocycles. The number of para-hydroxylation sites is 3. The number of rotatable bonds is 7. The molecule has 0 N–H and O–H groups in total. The Labute approximate surface area is 353 Å². The van der Waals surface area contributed by atoms with E-state index < -0.39 is 12.4 Å². The van der Waals surface area contributed by atoms with Crippen LogP contribution in [0, 0.1) is 26.0 Å². The van der Waals surface area contributed by atoms with Gasteiger partial charge >= 0.3 is 21.1 Å². The summed E-state index contributed by atoms with van der Waals surface area (Å²) in [6, 6.07) is 66.6. The Balaban J connectivity index is 0.00000462. The second-order valence-corrected chi connectivity index (χ2v) is 14.6. The Morgan fingerprint density at radius 3 is 2.00 bits per heavy atom. The van der Waals surface area contributed by atoms with Crippen LogP contribution in [0.4, 0.5) is 17.1 Å². The first-order valence-corrected chi connectivity index (χ1v) is 19.0. The maximum atomic E-state index is 8.36. The predicted molar refractivity (Wildman–Crippen MR) is 231 cm³/mol. The third-order valence-electron chi connectivity index (χ3n) is 11.4. The molecular weight excluding hydrogens is 876 g/mol. The maximum absolute atomic E-state index is 8.36. The number of fused-ring (bicyclic) bond motifs is 4. The monoisotopic (exact) mass is 918 g/mol. The molecule has 57 heavy (non-hydrogen) atoms. The fraction of sp³-hybridized carbons (Fsp3) is 0.0962. The normalized spacial score (nSPS) is 13.5. The Morgan fingerprint density at radius 1 is 0.614 bits per heavy atom. The summed E-state index contributed by atoms with van der Waals surface area (Å²) in [4.78, 5) is 8.55. The first kappa shape index (κ1) is 33.0. The van der Waals surface area contributed by atoms with Gasteiger partial charge in [-0.15, -0.1) is 22.6 Å². The van der Waals surface area contributed by atoms with E-state index in [4.69, 9.17) is 9.10 Å². The third-order valence-corrected chi connectivity index (χ3v) is 11.4. The molecule has 0 spiro atoms. The van der Waals surface area contributed by atoms with Crippen LogP contribution in [0.3, 0.4) is 0 Å². The van der Waals surface area contributed by atoms with E-state index in [0.717, 1.165) is 66.8 Å². The van der Waals surface area contributed by atoms with Crippen molar-refractivity contribution in [2.75, 3.05) is 23.4 Å². The largest absolute Gasteiger partial charge is 2.00 e. The van der Waals surface area contributed by atoms with Crippen LogP contribution < -0.4 is 9.80 Å². The van der Waals surface area contributed by atoms with E-state index in [-0.39, 0.29) is 27.7 Å². The minimum atomic E-state index is -2.31. The summed E-state index contributed by atoms with van der Waals surface area (Å²) in [7, 11) is 0. The third kappa shape index (κ3) is 5.90. The standard InChI is InChI=1S/C52H40N4.Pt/c1-36-16-14-17-37(2)51(36)38-30-31-53-50(32-38)56-46-25-11-10-24-44(46)45-29-28-42(34-49(45)56)52(39-18-6-4-7-19-39,40-20-8-5-9-21-40)41-22-15-23-43(33-41)55-35-54(3)47-26-12-13-27-48(47)55;/h4-32H,35H2,1-3H3;/q-2;+2/i3D3;. The van der Waals surface area contributed by atoms with E-state index in [2.05, 4.69) is 158 Å². The van der Waals surface area contributed by atoms with E-state index >= 15 is 0 Å². The van der Waals surface area contributed by atoms with Gasteiger partial charge in [-0.1, -0.05) is 120 Å². The summed E-state index contributed by atoms with van der Waals surface area (Å²) in [5.74, 6) is 0.815. The first-order chi connectivity index (χ1) is 28.7. The summed E-state index contributed by atoms with van der Waals surface area (Å²) < 4.78 is 27.3. The van der Waals surface area contributed by atoms with Crippen molar-refractivity contribution < 1.29 is 25.2 Å². The van der Waals surface area contributed by atoms with Crippen LogP contribution in [0.2, 0.25) is 0 Å². The summed E-state index contributed by atoms with van der Waals surface area (Å²) in [5, 5.41) is 2.20. The molecule has 0 saturated carbocycles. The van der Waals surface area contributed by atoms with Crippen molar-refractivity contribution in [3.05, 3.63) is 222 Å². The van der Waals surface area contributed by atoms with Crippen LogP contribution in [-0.4, -0.2) is 23.2 Å². The van der Waals surface area contributed by atoms with Gasteiger partial charge < -0.3 is 14.4 Å². The second kappa shape index (κ2) is 14.7. The van der Waals surface area contributed by atoms with E-state index in [1.165, 1.54) is 21.6 Å². The Bertz CT molecular complexity index is 2960. The van der Waals surface area contributed by atoms with Crippen molar-refractivity contribution in [2.45, 2.75) is 19.3 Å². The molecule has 5 heteroatoms. The Kier molecular flexibility index (Phi) is 8.50. The van der Waals surface area contributed by atoms with Gasteiger partial charge in [0.05, 0.1) is 18.0 Å². The van der Waals surface area contributed by atoms with Gasteiger partial charge in [-0.25, -0.2) is 4.98 Å². The zero-order chi connectivity index (χ0) is 40.3. The van der Waals surface area contributed by atoms with Gasteiger partial charge in [0, 0.05) is 28.2 Å². The average molecular weight is 919 g/mol. The van der Waals surface area contributed by atoms with Gasteiger partial charge in [0.1, 0.15) is 5.82 Å². The number of aromatic nitrogens is 2. The van der Waals surface area contributed by atoms with Gasteiger partial charge in [-0.3, -0.25) is 0 Å². The number of aryl methyl sites for hydroxylation is 2. The molecule has 0 bridgehead atoms. The molecular formula is C52H40N4Pt. The molecule has 3 heterocycles. The van der Waals surface area contributed by atoms with Gasteiger partial charge in [-0.05, 0) is 82.9 Å². The summed E-state index contributed by atoms with van der Waals surface area (Å²) in [5.41, 5.74) is 12.1. The van der Waals surface area contributed by atoms with Crippen molar-refractivity contribution >= 4 is 38.9 Å². The summed E-state index contributed by atoms with van der Waals surface area (Å²) in [6.07, 6.45) is 1.91. The quantitative estimate of drug-likeness (QED) is 0.118. The fourth-order valence-corrected chi connectivity index (χ4v) is 8.88. The summed E-state index contributed by atoms with van der Waals surface area (Å²) in [6.45, 7) is 2.18. The minimum Gasteiger partial charge on any atom is -0.355 e. The number of pyridine rings is 1. The van der Waals surface area contributed by atoms with Crippen molar-refractivity contribution in [3.8, 4) is 16.9 Å². The van der Waals surface area contributed by atoms with Gasteiger partial charge in [0.15, 0.2) is 0 Å². The van der Waals surface area contributed by atoms with Crippen molar-refractivity contribution in [2.24, 2.45) is 0 Å². The number of hydrogen-bond acceptors (Lipinski definition) is 3. The number of anilines is 3. The molecule has 1 aliphatic heterocycles. The average Bonchev–Trinajstić information content (AvgIpc) is 3.82. The number of nitrogens with zero attached hydrogens (tertiary/aromatic N) is 4. The molecule has 0 amide bonds. The van der Waals surface area contributed by atoms with E-state index in [0.29, 0.717) is 5.69 Å². The molecule has 1 aliphatic rings. The molecule has 10 rings (SSSR count). The smallest absolute Gasteiger partial charge is 0.355 e. The molecule has 278 valence electrons. The van der Waals surface area contributed by atoms with Crippen LogP contribution in [-0.2, 0) is 26.5 Å². The SMILES string of the molecule is [2H]C([2H])([2H])N1CN(c2[c-]c(C(c3[c-]c4c(cc3)c3ccccc3n4-c3cc(-c4c(C)cccc4C)ccn3)(c3ccccc3)c3ccccc3)ccc2)c2ccccc21.[Pt+2]. The minimum absolute atomic E-state index is 0. The number of hydrogen-bond donors (Lipinski definition) is 0. The molecule has 0 radical (unpaired) electrons. The van der Waals surface area contributed by atoms with Crippen molar-refractivity contribution in [3.63, 3.8) is 0 Å². The zero-order valence-electron chi connectivity index (χ0n) is 34.6. The van der Waals surface area contributed by atoms with Gasteiger partial charge in [0.25, 0.3) is 0 Å². The summed E-state index contributed by atoms with van der Waals surface area (Å²) >= 11 is 0. The molecule has 0 saturated heterocycles. The molecule has 2 aromatic heterocycles. The van der Waals surface area contributed by atoms with Crippen LogP contribution in [0.5, 0.6) is 0 Å². The van der Waals surface area contributed by atoms with Crippen molar-refractivity contribution in [1.82, 2.24) is 9.55 Å². The van der Waals surface area contributed by atoms with Crippen LogP contribution in [0.25, 0.3) is 38.8 Å². The topological polar surface area (TPSA) is 24.3 Å². The Morgan fingerprint density at radius 2 is 1.26 bits per heavy atom. The van der Waals surface area contributed by atoms with E-state index in [9.17, 15) is 0 Å². The van der Waals surface area contributed by atoms with Gasteiger partial charge in [-0.2, -0.15) is 36.4 Å². The maximum Gasteiger partial charge on any atom is 2.00 e. The first-order valence-electron chi connectivity index (χ1n) is 20.5. The fourth-order valence-electron chi connectivity index (χ4n) is 8.88. The molecule has 7 aromatic carbocycles. The second-order valence-electron chi connectivity index (χ2n) is 14.6. The van der Waals surface area contributed by atoms with Crippen LogP contribution in [0.15, 0.2) is 176 Å². The molecule has 0 atom stereocenters.